The molecule has 21 heavy (non-hydrogen) atoms. The quantitative estimate of drug-likeness (QED) is 0.914. The molecule has 1 aromatic carbocycles. The maximum absolute atomic E-state index is 11.7. The molecule has 0 unspecified atom stereocenters. The van der Waals surface area contributed by atoms with Crippen LogP contribution >= 0.6 is 0 Å². The highest BCUT2D eigenvalue weighted by Gasteiger charge is 2.33. The van der Waals surface area contributed by atoms with E-state index in [4.69, 9.17) is 5.11 Å². The predicted molar refractivity (Wildman–Crippen MR) is 79.7 cm³/mol. The Morgan fingerprint density at radius 3 is 2.48 bits per heavy atom. The molecule has 1 aromatic rings. The molecule has 5 heteroatoms. The number of benzene rings is 1. The molecule has 1 aliphatic heterocycles. The Labute approximate surface area is 125 Å². The molecule has 1 fully saturated rings. The van der Waals surface area contributed by atoms with E-state index >= 15 is 0 Å². The van der Waals surface area contributed by atoms with Gasteiger partial charge in [-0.25, -0.2) is 0 Å². The number of carboxylic acid groups (broad SMARTS) is 1. The van der Waals surface area contributed by atoms with Gasteiger partial charge in [-0.05, 0) is 12.5 Å². The Morgan fingerprint density at radius 1 is 1.24 bits per heavy atom. The van der Waals surface area contributed by atoms with Gasteiger partial charge in [-0.15, -0.1) is 0 Å². The van der Waals surface area contributed by atoms with Crippen molar-refractivity contribution in [2.75, 3.05) is 13.1 Å². The molecule has 1 amide bonds. The third-order valence-electron chi connectivity index (χ3n) is 4.00. The van der Waals surface area contributed by atoms with Crippen molar-refractivity contribution < 1.29 is 14.7 Å². The summed E-state index contributed by atoms with van der Waals surface area (Å²) in [7, 11) is 0. The lowest BCUT2D eigenvalue weighted by Gasteiger charge is -2.44. The first-order valence-electron chi connectivity index (χ1n) is 7.24. The van der Waals surface area contributed by atoms with E-state index in [2.05, 4.69) is 4.90 Å². The van der Waals surface area contributed by atoms with Crippen molar-refractivity contribution in [2.45, 2.75) is 38.9 Å². The second-order valence-electron chi connectivity index (χ2n) is 5.69. The largest absolute Gasteiger partial charge is 0.481 e. The second-order valence-corrected chi connectivity index (χ2v) is 5.69. The van der Waals surface area contributed by atoms with Crippen LogP contribution in [-0.4, -0.2) is 52.0 Å². The molecule has 2 rings (SSSR count). The van der Waals surface area contributed by atoms with Crippen LogP contribution in [0.5, 0.6) is 0 Å². The zero-order valence-corrected chi connectivity index (χ0v) is 12.5. The summed E-state index contributed by atoms with van der Waals surface area (Å²) >= 11 is 0. The average Bonchev–Trinajstić information content (AvgIpc) is 2.42. The zero-order chi connectivity index (χ0) is 15.4. The Bertz CT molecular complexity index is 504. The summed E-state index contributed by atoms with van der Waals surface area (Å²) in [5.74, 6) is -0.812. The van der Waals surface area contributed by atoms with Crippen molar-refractivity contribution in [2.24, 2.45) is 0 Å². The number of carboxylic acids is 1. The van der Waals surface area contributed by atoms with E-state index < -0.39 is 5.97 Å². The Kier molecular flexibility index (Phi) is 4.96. The molecule has 0 bridgehead atoms. The molecule has 1 aliphatic rings. The van der Waals surface area contributed by atoms with Gasteiger partial charge in [-0.3, -0.25) is 14.5 Å². The van der Waals surface area contributed by atoms with Crippen molar-refractivity contribution in [1.82, 2.24) is 9.80 Å². The van der Waals surface area contributed by atoms with E-state index in [1.54, 1.807) is 11.8 Å². The lowest BCUT2D eigenvalue weighted by atomic mass is 10.0. The van der Waals surface area contributed by atoms with Gasteiger partial charge < -0.3 is 10.0 Å². The van der Waals surface area contributed by atoms with Gasteiger partial charge in [0, 0.05) is 38.6 Å². The second kappa shape index (κ2) is 6.72. The number of aliphatic carboxylic acids is 1. The molecule has 0 aliphatic carbocycles. The Balaban J connectivity index is 2.13. The number of amides is 1. The molecular weight excluding hydrogens is 268 g/mol. The van der Waals surface area contributed by atoms with E-state index in [0.29, 0.717) is 13.1 Å². The zero-order valence-electron chi connectivity index (χ0n) is 12.5. The third kappa shape index (κ3) is 4.04. The molecule has 114 valence electrons. The number of carbonyl (C=O) groups excluding carboxylic acids is 1. The van der Waals surface area contributed by atoms with Crippen LogP contribution in [0.25, 0.3) is 0 Å². The van der Waals surface area contributed by atoms with Crippen LogP contribution in [0, 0.1) is 0 Å². The summed E-state index contributed by atoms with van der Waals surface area (Å²) in [6, 6.07) is 9.99. The van der Waals surface area contributed by atoms with Crippen molar-refractivity contribution in [3.63, 3.8) is 0 Å². The van der Waals surface area contributed by atoms with Gasteiger partial charge in [0.1, 0.15) is 0 Å². The minimum Gasteiger partial charge on any atom is -0.481 e. The Hall–Kier alpha value is -1.88. The summed E-state index contributed by atoms with van der Waals surface area (Å²) in [6.45, 7) is 5.45. The lowest BCUT2D eigenvalue weighted by molar-refractivity contribution is -0.143. The highest BCUT2D eigenvalue weighted by Crippen LogP contribution is 2.20. The molecule has 0 saturated carbocycles. The molecule has 2 atom stereocenters. The van der Waals surface area contributed by atoms with E-state index in [9.17, 15) is 9.59 Å². The van der Waals surface area contributed by atoms with Gasteiger partial charge in [-0.1, -0.05) is 30.3 Å². The number of nitrogens with zero attached hydrogens (tertiary/aromatic N) is 2. The SMILES string of the molecule is CC(=O)N1C[C@@H](CC(=O)O)N(Cc2ccccc2)C[C@@H]1C. The maximum Gasteiger partial charge on any atom is 0.305 e. The topological polar surface area (TPSA) is 60.9 Å². The third-order valence-corrected chi connectivity index (χ3v) is 4.00. The molecular formula is C16H22N2O3. The van der Waals surface area contributed by atoms with Gasteiger partial charge in [0.05, 0.1) is 6.42 Å². The van der Waals surface area contributed by atoms with E-state index in [-0.39, 0.29) is 24.4 Å². The van der Waals surface area contributed by atoms with Crippen LogP contribution in [-0.2, 0) is 16.1 Å². The van der Waals surface area contributed by atoms with Crippen LogP contribution in [0.4, 0.5) is 0 Å². The van der Waals surface area contributed by atoms with Gasteiger partial charge >= 0.3 is 5.97 Å². The van der Waals surface area contributed by atoms with E-state index in [0.717, 1.165) is 12.1 Å². The molecule has 1 saturated heterocycles. The average molecular weight is 290 g/mol. The molecule has 5 nitrogen and oxygen atoms in total. The molecule has 1 N–H and O–H groups in total. The van der Waals surface area contributed by atoms with E-state index in [1.807, 2.05) is 37.3 Å². The maximum atomic E-state index is 11.7. The number of carbonyl (C=O) groups is 2. The highest BCUT2D eigenvalue weighted by atomic mass is 16.4. The van der Waals surface area contributed by atoms with Crippen molar-refractivity contribution in [3.8, 4) is 0 Å². The van der Waals surface area contributed by atoms with Gasteiger partial charge in [0.25, 0.3) is 0 Å². The molecule has 0 spiro atoms. The van der Waals surface area contributed by atoms with Crippen LogP contribution in [0.3, 0.4) is 0 Å². The summed E-state index contributed by atoms with van der Waals surface area (Å²) in [4.78, 5) is 26.7. The minimum absolute atomic E-state index is 0.0113. The van der Waals surface area contributed by atoms with Crippen LogP contribution in [0.15, 0.2) is 30.3 Å². The van der Waals surface area contributed by atoms with Gasteiger partial charge in [-0.2, -0.15) is 0 Å². The normalized spacial score (nSPS) is 23.0. The van der Waals surface area contributed by atoms with E-state index in [1.165, 1.54) is 0 Å². The molecule has 0 radical (unpaired) electrons. The van der Waals surface area contributed by atoms with Gasteiger partial charge in [0.15, 0.2) is 0 Å². The molecule has 0 aromatic heterocycles. The Morgan fingerprint density at radius 2 is 1.90 bits per heavy atom. The van der Waals surface area contributed by atoms with Crippen molar-refractivity contribution in [1.29, 1.82) is 0 Å². The number of piperazine rings is 1. The van der Waals surface area contributed by atoms with Gasteiger partial charge in [0.2, 0.25) is 5.91 Å². The first-order chi connectivity index (χ1) is 9.97. The standard InChI is InChI=1S/C16H22N2O3/c1-12-9-17(10-14-6-4-3-5-7-14)15(8-16(20)21)11-18(12)13(2)19/h3-7,12,15H,8-11H2,1-2H3,(H,20,21)/t12-,15+/m0/s1. The lowest BCUT2D eigenvalue weighted by Crippen LogP contribution is -2.58. The van der Waals surface area contributed by atoms with Crippen LogP contribution in [0.2, 0.25) is 0 Å². The summed E-state index contributed by atoms with van der Waals surface area (Å²) in [5, 5.41) is 9.11. The fourth-order valence-corrected chi connectivity index (χ4v) is 2.96. The minimum atomic E-state index is -0.823. The smallest absolute Gasteiger partial charge is 0.305 e. The highest BCUT2D eigenvalue weighted by molar-refractivity contribution is 5.74. The number of hydrogen-bond acceptors (Lipinski definition) is 3. The van der Waals surface area contributed by atoms with Crippen molar-refractivity contribution >= 4 is 11.9 Å². The fraction of sp³-hybridized carbons (Fsp3) is 0.500. The summed E-state index contributed by atoms with van der Waals surface area (Å²) in [5.41, 5.74) is 1.16. The summed E-state index contributed by atoms with van der Waals surface area (Å²) in [6.07, 6.45) is 0.0589. The fourth-order valence-electron chi connectivity index (χ4n) is 2.96. The van der Waals surface area contributed by atoms with Crippen LogP contribution < -0.4 is 0 Å². The van der Waals surface area contributed by atoms with Crippen LogP contribution in [0.1, 0.15) is 25.8 Å². The predicted octanol–water partition coefficient (Wildman–Crippen LogP) is 1.58. The number of rotatable bonds is 4. The summed E-state index contributed by atoms with van der Waals surface area (Å²) < 4.78 is 0. The first-order valence-corrected chi connectivity index (χ1v) is 7.24. The van der Waals surface area contributed by atoms with Crippen molar-refractivity contribution in [3.05, 3.63) is 35.9 Å². The monoisotopic (exact) mass is 290 g/mol. The first kappa shape index (κ1) is 15.5. The molecule has 1 heterocycles. The number of hydrogen-bond donors (Lipinski definition) is 1.